The van der Waals surface area contributed by atoms with Crippen molar-refractivity contribution < 1.29 is 9.47 Å². The van der Waals surface area contributed by atoms with E-state index in [9.17, 15) is 0 Å². The number of benzene rings is 1. The van der Waals surface area contributed by atoms with Crippen LogP contribution in [0.5, 0.6) is 11.5 Å². The normalized spacial score (nSPS) is 34.2. The summed E-state index contributed by atoms with van der Waals surface area (Å²) in [6, 6.07) is 7.81. The molecule has 6 nitrogen and oxygen atoms in total. The molecule has 0 N–H and O–H groups in total. The maximum Gasteiger partial charge on any atom is 0.231 e. The Bertz CT molecular complexity index is 863. The maximum absolute atomic E-state index is 5.66. The molecule has 6 heterocycles. The zero-order valence-corrected chi connectivity index (χ0v) is 16.3. The third kappa shape index (κ3) is 2.52. The number of aryl methyl sites for hydroxylation is 1. The van der Waals surface area contributed by atoms with Crippen LogP contribution in [0.1, 0.15) is 34.9 Å². The molecule has 5 aliphatic rings. The van der Waals surface area contributed by atoms with E-state index in [0.29, 0.717) is 24.8 Å². The van der Waals surface area contributed by atoms with Gasteiger partial charge in [-0.15, -0.1) is 5.10 Å². The SMILES string of the molecule is Cc1nnsc1CN1C[C@H](c2ccc3c(c2)OCO3)[C@H]2[C@@H]1C1CCN2CC1. The molecule has 4 saturated heterocycles. The second-order valence-electron chi connectivity index (χ2n) is 8.28. The van der Waals surface area contributed by atoms with Crippen LogP contribution in [-0.4, -0.2) is 57.9 Å². The molecule has 5 aliphatic heterocycles. The van der Waals surface area contributed by atoms with Crippen LogP contribution < -0.4 is 9.47 Å². The second-order valence-corrected chi connectivity index (χ2v) is 9.12. The lowest BCUT2D eigenvalue weighted by Crippen LogP contribution is -2.59. The minimum Gasteiger partial charge on any atom is -0.454 e. The predicted octanol–water partition coefficient (Wildman–Crippen LogP) is 2.64. The number of nitrogens with zero attached hydrogens (tertiary/aromatic N) is 4. The van der Waals surface area contributed by atoms with E-state index < -0.39 is 0 Å². The molecule has 3 atom stereocenters. The molecule has 1 aromatic heterocycles. The number of aromatic nitrogens is 2. The van der Waals surface area contributed by atoms with E-state index in [-0.39, 0.29) is 0 Å². The summed E-state index contributed by atoms with van der Waals surface area (Å²) in [6.45, 7) is 7.00. The van der Waals surface area contributed by atoms with Crippen molar-refractivity contribution in [3.05, 3.63) is 34.3 Å². The molecule has 27 heavy (non-hydrogen) atoms. The van der Waals surface area contributed by atoms with Gasteiger partial charge in [-0.2, -0.15) is 0 Å². The van der Waals surface area contributed by atoms with Gasteiger partial charge in [0.25, 0.3) is 0 Å². The van der Waals surface area contributed by atoms with Crippen LogP contribution in [-0.2, 0) is 6.54 Å². The van der Waals surface area contributed by atoms with Crippen LogP contribution in [0.15, 0.2) is 18.2 Å². The van der Waals surface area contributed by atoms with Gasteiger partial charge in [0.1, 0.15) is 0 Å². The van der Waals surface area contributed by atoms with Gasteiger partial charge in [0.2, 0.25) is 6.79 Å². The molecule has 0 radical (unpaired) electrons. The van der Waals surface area contributed by atoms with Crippen LogP contribution >= 0.6 is 11.5 Å². The van der Waals surface area contributed by atoms with Crippen LogP contribution in [0.25, 0.3) is 0 Å². The lowest BCUT2D eigenvalue weighted by molar-refractivity contribution is -0.00850. The fourth-order valence-corrected chi connectivity index (χ4v) is 6.40. The lowest BCUT2D eigenvalue weighted by atomic mass is 9.75. The van der Waals surface area contributed by atoms with Crippen LogP contribution in [0.4, 0.5) is 0 Å². The molecular weight excluding hydrogens is 360 g/mol. The van der Waals surface area contributed by atoms with Crippen molar-refractivity contribution in [1.82, 2.24) is 19.4 Å². The molecule has 7 rings (SSSR count). The summed E-state index contributed by atoms with van der Waals surface area (Å²) in [5, 5.41) is 4.23. The zero-order chi connectivity index (χ0) is 18.0. The quantitative estimate of drug-likeness (QED) is 0.811. The Hall–Kier alpha value is -1.70. The number of ether oxygens (including phenoxy) is 2. The molecule has 2 bridgehead atoms. The summed E-state index contributed by atoms with van der Waals surface area (Å²) < 4.78 is 15.3. The summed E-state index contributed by atoms with van der Waals surface area (Å²) in [6.07, 6.45) is 2.68. The number of rotatable bonds is 3. The molecule has 1 aromatic carbocycles. The van der Waals surface area contributed by atoms with E-state index >= 15 is 0 Å². The fourth-order valence-electron chi connectivity index (χ4n) is 5.74. The van der Waals surface area contributed by atoms with E-state index in [4.69, 9.17) is 9.47 Å². The van der Waals surface area contributed by atoms with Crippen LogP contribution in [0.3, 0.4) is 0 Å². The van der Waals surface area contributed by atoms with Gasteiger partial charge in [0.15, 0.2) is 11.5 Å². The maximum atomic E-state index is 5.66. The van der Waals surface area contributed by atoms with Crippen molar-refractivity contribution in [2.45, 2.75) is 44.3 Å². The highest BCUT2D eigenvalue weighted by atomic mass is 32.1. The minimum absolute atomic E-state index is 0.341. The standard InChI is InChI=1S/C20H24N4O2S/c1-12-18(27-22-21-12)10-24-9-15(14-2-3-16-17(8-14)26-11-25-16)20-19(24)13-4-6-23(20)7-5-13/h2-3,8,13,15,19-20H,4-7,9-11H2,1H3/t15-,19+,20+/m1/s1. The van der Waals surface area contributed by atoms with Crippen molar-refractivity contribution in [1.29, 1.82) is 0 Å². The minimum atomic E-state index is 0.341. The Morgan fingerprint density at radius 2 is 2.00 bits per heavy atom. The number of likely N-dealkylation sites (tertiary alicyclic amines) is 1. The Morgan fingerprint density at radius 3 is 2.81 bits per heavy atom. The largest absolute Gasteiger partial charge is 0.454 e. The fraction of sp³-hybridized carbons (Fsp3) is 0.600. The topological polar surface area (TPSA) is 50.7 Å². The highest BCUT2D eigenvalue weighted by Crippen LogP contribution is 2.48. The highest BCUT2D eigenvalue weighted by molar-refractivity contribution is 7.05. The Kier molecular flexibility index (Phi) is 3.71. The first-order valence-corrected chi connectivity index (χ1v) is 10.7. The van der Waals surface area contributed by atoms with E-state index in [1.807, 2.05) is 0 Å². The molecule has 4 fully saturated rings. The van der Waals surface area contributed by atoms with Crippen LogP contribution in [0, 0.1) is 12.8 Å². The first-order chi connectivity index (χ1) is 13.3. The third-order valence-electron chi connectivity index (χ3n) is 7.01. The zero-order valence-electron chi connectivity index (χ0n) is 15.5. The van der Waals surface area contributed by atoms with Gasteiger partial charge in [-0.1, -0.05) is 10.6 Å². The summed E-state index contributed by atoms with van der Waals surface area (Å²) in [5.74, 6) is 3.12. The molecule has 142 valence electrons. The van der Waals surface area contributed by atoms with Gasteiger partial charge in [0, 0.05) is 31.1 Å². The van der Waals surface area contributed by atoms with Crippen molar-refractivity contribution >= 4 is 11.5 Å². The molecule has 2 aromatic rings. The van der Waals surface area contributed by atoms with Crippen molar-refractivity contribution in [2.24, 2.45) is 5.92 Å². The van der Waals surface area contributed by atoms with Gasteiger partial charge >= 0.3 is 0 Å². The average Bonchev–Trinajstić information content (AvgIpc) is 3.42. The monoisotopic (exact) mass is 384 g/mol. The molecule has 0 aliphatic carbocycles. The van der Waals surface area contributed by atoms with Crippen molar-refractivity contribution in [2.75, 3.05) is 26.4 Å². The first kappa shape index (κ1) is 16.3. The summed E-state index contributed by atoms with van der Waals surface area (Å²) in [5.41, 5.74) is 2.48. The van der Waals surface area contributed by atoms with E-state index in [2.05, 4.69) is 44.5 Å². The van der Waals surface area contributed by atoms with E-state index in [0.717, 1.165) is 36.2 Å². The summed E-state index contributed by atoms with van der Waals surface area (Å²) in [7, 11) is 0. The van der Waals surface area contributed by atoms with Gasteiger partial charge < -0.3 is 9.47 Å². The van der Waals surface area contributed by atoms with Crippen molar-refractivity contribution in [3.8, 4) is 11.5 Å². The van der Waals surface area contributed by atoms with Gasteiger partial charge in [0.05, 0.1) is 10.6 Å². The average molecular weight is 385 g/mol. The van der Waals surface area contributed by atoms with Gasteiger partial charge in [-0.3, -0.25) is 9.80 Å². The number of fused-ring (bicyclic) bond motifs is 3. The van der Waals surface area contributed by atoms with E-state index in [1.54, 1.807) is 11.5 Å². The second kappa shape index (κ2) is 6.15. The smallest absolute Gasteiger partial charge is 0.231 e. The van der Waals surface area contributed by atoms with E-state index in [1.165, 1.54) is 36.4 Å². The Morgan fingerprint density at radius 1 is 1.15 bits per heavy atom. The third-order valence-corrected chi connectivity index (χ3v) is 7.82. The molecular formula is C20H24N4O2S. The van der Waals surface area contributed by atoms with Crippen LogP contribution in [0.2, 0.25) is 0 Å². The summed E-state index contributed by atoms with van der Waals surface area (Å²) in [4.78, 5) is 6.78. The highest BCUT2D eigenvalue weighted by Gasteiger charge is 2.53. The van der Waals surface area contributed by atoms with Crippen molar-refractivity contribution in [3.63, 3.8) is 0 Å². The van der Waals surface area contributed by atoms with Gasteiger partial charge in [-0.25, -0.2) is 0 Å². The predicted molar refractivity (Wildman–Crippen MR) is 102 cm³/mol. The first-order valence-electron chi connectivity index (χ1n) is 9.93. The number of hydrogen-bond acceptors (Lipinski definition) is 7. The Balaban J connectivity index is 1.36. The van der Waals surface area contributed by atoms with Gasteiger partial charge in [-0.05, 0) is 68.0 Å². The lowest BCUT2D eigenvalue weighted by Gasteiger charge is -2.51. The summed E-state index contributed by atoms with van der Waals surface area (Å²) >= 11 is 1.56. The molecule has 0 spiro atoms. The molecule has 0 unspecified atom stereocenters. The molecule has 0 amide bonds. The Labute approximate surface area is 163 Å². The number of hydrogen-bond donors (Lipinski definition) is 0. The molecule has 0 saturated carbocycles. The molecule has 7 heteroatoms. The number of piperidine rings is 3.